The minimum atomic E-state index is -4.73. The van der Waals surface area contributed by atoms with Gasteiger partial charge in [-0.1, -0.05) is 82.9 Å². The maximum absolute atomic E-state index is 13.0. The zero-order valence-corrected chi connectivity index (χ0v) is 32.9. The molecule has 0 bridgehead atoms. The molecule has 0 amide bonds. The molecule has 1 aliphatic heterocycles. The van der Waals surface area contributed by atoms with E-state index in [1.807, 2.05) is 12.1 Å². The van der Waals surface area contributed by atoms with E-state index in [0.717, 1.165) is 31.2 Å². The number of pyridine rings is 1. The summed E-state index contributed by atoms with van der Waals surface area (Å²) in [5, 5.41) is 35.9. The summed E-state index contributed by atoms with van der Waals surface area (Å²) < 4.78 is 42.3. The van der Waals surface area contributed by atoms with Crippen LogP contribution < -0.4 is 5.73 Å². The number of aliphatic hydroxyl groups is 2. The van der Waals surface area contributed by atoms with Gasteiger partial charge in [0.25, 0.3) is 0 Å². The van der Waals surface area contributed by atoms with Gasteiger partial charge in [0.15, 0.2) is 5.82 Å². The van der Waals surface area contributed by atoms with Crippen LogP contribution in [0.1, 0.15) is 108 Å². The molecule has 1 saturated heterocycles. The lowest BCUT2D eigenvalue weighted by Gasteiger charge is -2.24. The minimum Gasteiger partial charge on any atom is -0.387 e. The Balaban J connectivity index is 1.16. The normalized spacial score (nSPS) is 21.6. The highest BCUT2D eigenvalue weighted by molar-refractivity contribution is 7.47. The number of fused-ring (bicyclic) bond motifs is 1. The van der Waals surface area contributed by atoms with E-state index in [4.69, 9.17) is 29.0 Å². The van der Waals surface area contributed by atoms with Crippen LogP contribution in [-0.4, -0.2) is 85.5 Å². The van der Waals surface area contributed by atoms with Crippen molar-refractivity contribution < 1.29 is 42.9 Å². The smallest absolute Gasteiger partial charge is 0.387 e. The molecule has 0 aliphatic carbocycles. The van der Waals surface area contributed by atoms with Crippen LogP contribution in [0.3, 0.4) is 0 Å². The molecule has 0 aromatic carbocycles. The van der Waals surface area contributed by atoms with Gasteiger partial charge in [0.2, 0.25) is 5.60 Å². The first-order valence-electron chi connectivity index (χ1n) is 19.6. The van der Waals surface area contributed by atoms with Crippen LogP contribution in [0.5, 0.6) is 0 Å². The third kappa shape index (κ3) is 14.0. The van der Waals surface area contributed by atoms with Gasteiger partial charge in [0, 0.05) is 19.0 Å². The number of rotatable bonds is 28. The van der Waals surface area contributed by atoms with Crippen LogP contribution in [0.4, 0.5) is 5.82 Å². The molecule has 4 rings (SSSR count). The third-order valence-corrected chi connectivity index (χ3v) is 10.6. The van der Waals surface area contributed by atoms with Crippen LogP contribution in [0.2, 0.25) is 0 Å². The van der Waals surface area contributed by atoms with Crippen molar-refractivity contribution in [2.75, 3.05) is 32.2 Å². The Kier molecular flexibility index (Phi) is 19.1. The number of hydrogen-bond acceptors (Lipinski definition) is 13. The van der Waals surface area contributed by atoms with E-state index >= 15 is 0 Å². The zero-order valence-electron chi connectivity index (χ0n) is 32.0. The Morgan fingerprint density at radius 3 is 2.42 bits per heavy atom. The summed E-state index contributed by atoms with van der Waals surface area (Å²) >= 11 is 0. The molecule has 16 heteroatoms. The molecule has 3 aromatic rings. The summed E-state index contributed by atoms with van der Waals surface area (Å²) in [6.45, 7) is 2.04. The highest BCUT2D eigenvalue weighted by atomic mass is 31.2. The lowest BCUT2D eigenvalue weighted by Crippen LogP contribution is -2.41. The lowest BCUT2D eigenvalue weighted by molar-refractivity contribution is -0.0690. The zero-order chi connectivity index (χ0) is 39.4. The third-order valence-electron chi connectivity index (χ3n) is 9.62. The number of hydrogen-bond donors (Lipinski definition) is 4. The highest BCUT2D eigenvalue weighted by Crippen LogP contribution is 2.46. The van der Waals surface area contributed by atoms with E-state index < -0.39 is 44.4 Å². The minimum absolute atomic E-state index is 0.0856. The van der Waals surface area contributed by atoms with Gasteiger partial charge < -0.3 is 35.1 Å². The average molecular weight is 787 g/mol. The fourth-order valence-electron chi connectivity index (χ4n) is 6.44. The number of aromatic nitrogens is 4. The maximum atomic E-state index is 13.0. The van der Waals surface area contributed by atoms with Crippen molar-refractivity contribution in [1.29, 1.82) is 5.26 Å². The summed E-state index contributed by atoms with van der Waals surface area (Å²) in [6, 6.07) is 8.55. The number of phosphoric ester groups is 1. The molecule has 304 valence electrons. The van der Waals surface area contributed by atoms with E-state index in [1.165, 1.54) is 81.1 Å². The van der Waals surface area contributed by atoms with Gasteiger partial charge in [-0.25, -0.2) is 14.1 Å². The first kappa shape index (κ1) is 44.4. The molecule has 0 saturated carbocycles. The molecule has 2 unspecified atom stereocenters. The Morgan fingerprint density at radius 1 is 1.02 bits per heavy atom. The van der Waals surface area contributed by atoms with Crippen LogP contribution in [0, 0.1) is 11.3 Å². The van der Waals surface area contributed by atoms with E-state index in [-0.39, 0.29) is 31.3 Å². The van der Waals surface area contributed by atoms with Crippen molar-refractivity contribution in [2.45, 2.75) is 133 Å². The van der Waals surface area contributed by atoms with Gasteiger partial charge in [-0.2, -0.15) is 10.4 Å². The molecule has 4 heterocycles. The molecular weight excluding hydrogens is 727 g/mol. The molecule has 1 aliphatic rings. The highest BCUT2D eigenvalue weighted by Gasteiger charge is 2.58. The number of nitriles is 1. The van der Waals surface area contributed by atoms with Crippen LogP contribution in [0.15, 0.2) is 55.1 Å². The summed E-state index contributed by atoms with van der Waals surface area (Å²) in [5.74, 6) is 0.132. The Morgan fingerprint density at radius 2 is 1.73 bits per heavy atom. The summed E-state index contributed by atoms with van der Waals surface area (Å²) in [6.07, 6.45) is 20.7. The summed E-state index contributed by atoms with van der Waals surface area (Å²) in [5.41, 5.74) is 5.07. The maximum Gasteiger partial charge on any atom is 0.472 e. The van der Waals surface area contributed by atoms with Crippen molar-refractivity contribution in [3.63, 3.8) is 0 Å². The molecule has 0 radical (unpaired) electrons. The number of nitrogens with zero attached hydrogens (tertiary/aromatic N) is 5. The van der Waals surface area contributed by atoms with Crippen molar-refractivity contribution in [3.8, 4) is 6.07 Å². The molecule has 0 spiro atoms. The number of ether oxygens (including phenoxy) is 3. The van der Waals surface area contributed by atoms with E-state index in [1.54, 1.807) is 24.5 Å². The number of aliphatic hydroxyl groups excluding tert-OH is 2. The van der Waals surface area contributed by atoms with Gasteiger partial charge in [-0.05, 0) is 55.9 Å². The van der Waals surface area contributed by atoms with E-state index in [2.05, 4.69) is 34.1 Å². The number of unbranched alkanes of at least 4 members (excludes halogenated alkanes) is 12. The Hall–Kier alpha value is -3.29. The monoisotopic (exact) mass is 786 g/mol. The van der Waals surface area contributed by atoms with Crippen molar-refractivity contribution >= 4 is 19.2 Å². The fourth-order valence-corrected chi connectivity index (χ4v) is 7.21. The SMILES string of the molecule is CCCCCCCC/C=C/CCCCCCCCOC[C@H](COP(=O)(O)OC[C@H]1O[C@@](C#N)(c2ccc3c(N)ncnn23)[C@@H](O)C1O)OCc1cccnc1. The Labute approximate surface area is 324 Å². The first-order valence-corrected chi connectivity index (χ1v) is 21.1. The lowest BCUT2D eigenvalue weighted by atomic mass is 9.92. The molecule has 3 aromatic heterocycles. The number of nitrogen functional groups attached to an aromatic ring is 1. The van der Waals surface area contributed by atoms with Crippen LogP contribution in [-0.2, 0) is 40.0 Å². The quantitative estimate of drug-likeness (QED) is 0.0360. The molecule has 5 N–H and O–H groups in total. The van der Waals surface area contributed by atoms with Crippen molar-refractivity contribution in [2.24, 2.45) is 0 Å². The second kappa shape index (κ2) is 23.7. The molecule has 1 fully saturated rings. The van der Waals surface area contributed by atoms with Gasteiger partial charge >= 0.3 is 7.82 Å². The van der Waals surface area contributed by atoms with Gasteiger partial charge in [0.05, 0.1) is 32.1 Å². The second-order valence-corrected chi connectivity index (χ2v) is 15.4. The largest absolute Gasteiger partial charge is 0.472 e. The average Bonchev–Trinajstić information content (AvgIpc) is 3.74. The summed E-state index contributed by atoms with van der Waals surface area (Å²) in [4.78, 5) is 18.5. The van der Waals surface area contributed by atoms with Gasteiger partial charge in [-0.15, -0.1) is 0 Å². The van der Waals surface area contributed by atoms with Gasteiger partial charge in [0.1, 0.15) is 42.3 Å². The number of allylic oxidation sites excluding steroid dienone is 2. The topological polar surface area (TPSA) is 217 Å². The molecular formula is C39H59N6O9P. The Bertz CT molecular complexity index is 1660. The standard InChI is InChI=1S/C39H59N6O9P/c1-2-3-4-5-6-7-8-9-10-11-12-13-14-15-16-17-23-50-26-32(51-25-31-19-18-22-42-24-31)27-52-55(48,49)53-28-34-36(46)37(47)39(29-40,54-34)35-21-20-33-38(41)43-30-44-45(33)35/h9-10,18-22,24,30,32,34,36-37,46-47H,2-8,11-17,23,25-28H2,1H3,(H,48,49)(H2,41,43,44)/b10-9+/t32-,34-,36?,37+,39+/m1/s1. The molecule has 15 nitrogen and oxygen atoms in total. The van der Waals surface area contributed by atoms with Crippen LogP contribution in [0.25, 0.3) is 5.52 Å². The number of phosphoric acid groups is 1. The van der Waals surface area contributed by atoms with Crippen molar-refractivity contribution in [3.05, 3.63) is 66.4 Å². The predicted octanol–water partition coefficient (Wildman–Crippen LogP) is 6.32. The van der Waals surface area contributed by atoms with Crippen molar-refractivity contribution in [1.82, 2.24) is 19.6 Å². The number of anilines is 1. The molecule has 55 heavy (non-hydrogen) atoms. The number of nitrogens with two attached hydrogens (primary N) is 1. The summed E-state index contributed by atoms with van der Waals surface area (Å²) in [7, 11) is -4.73. The van der Waals surface area contributed by atoms with E-state index in [9.17, 15) is 24.9 Å². The first-order chi connectivity index (χ1) is 26.7. The molecule has 6 atom stereocenters. The predicted molar refractivity (Wildman–Crippen MR) is 206 cm³/mol. The van der Waals surface area contributed by atoms with Crippen LogP contribution >= 0.6 is 7.82 Å². The fraction of sp³-hybridized carbons (Fsp3) is 0.641. The van der Waals surface area contributed by atoms with Gasteiger partial charge in [-0.3, -0.25) is 14.0 Å². The second-order valence-electron chi connectivity index (χ2n) is 14.0. The van der Waals surface area contributed by atoms with E-state index in [0.29, 0.717) is 12.1 Å².